The zero-order chi connectivity index (χ0) is 31.7. The Morgan fingerprint density at radius 2 is 1.71 bits per heavy atom. The highest BCUT2D eigenvalue weighted by molar-refractivity contribution is 7.21. The molecule has 3 heterocycles. The largest absolute Gasteiger partial charge is 0.439 e. The number of hydrogen-bond acceptors (Lipinski definition) is 8. The molecule has 1 aliphatic heterocycles. The lowest BCUT2D eigenvalue weighted by Crippen LogP contribution is -2.45. The monoisotopic (exact) mass is 637 g/mol. The summed E-state index contributed by atoms with van der Waals surface area (Å²) in [5, 5.41) is 3.31. The van der Waals surface area contributed by atoms with Gasteiger partial charge in [0.15, 0.2) is 10.9 Å². The number of carbonyl (C=O) groups is 2. The van der Waals surface area contributed by atoms with Crippen molar-refractivity contribution in [2.24, 2.45) is 5.92 Å². The summed E-state index contributed by atoms with van der Waals surface area (Å²) in [6.45, 7) is 8.62. The molecule has 4 aromatic rings. The fourth-order valence-corrected chi connectivity index (χ4v) is 6.22. The van der Waals surface area contributed by atoms with Gasteiger partial charge in [0.05, 0.1) is 5.56 Å². The lowest BCUT2D eigenvalue weighted by atomic mass is 9.97. The number of hydrogen-bond donors (Lipinski definition) is 1. The van der Waals surface area contributed by atoms with Crippen LogP contribution in [0.3, 0.4) is 0 Å². The molecule has 1 N–H and O–H groups in total. The van der Waals surface area contributed by atoms with E-state index in [0.29, 0.717) is 50.3 Å². The molecule has 0 unspecified atom stereocenters. The van der Waals surface area contributed by atoms with Crippen LogP contribution >= 0.6 is 11.3 Å². The lowest BCUT2D eigenvalue weighted by Gasteiger charge is -2.34. The second kappa shape index (κ2) is 12.9. The molecule has 8 nitrogen and oxygen atoms in total. The first-order valence-corrected chi connectivity index (χ1v) is 15.9. The Bertz CT molecular complexity index is 1730. The van der Waals surface area contributed by atoms with E-state index in [4.69, 9.17) is 4.74 Å². The van der Waals surface area contributed by atoms with Crippen LogP contribution in [0, 0.1) is 12.8 Å². The van der Waals surface area contributed by atoms with Crippen LogP contribution in [-0.4, -0.2) is 64.2 Å². The molecule has 2 aromatic heterocycles. The number of nitrogens with one attached hydrogen (secondary N) is 1. The SMILES string of the molecule is CCN1CCN(Cc2cc(CC(=O)c3ccc(C)c(Oc4ccc5nc(NC(=O)C6CC6)sc5n4)c3)cc(C(F)(F)F)c2)CC1. The van der Waals surface area contributed by atoms with Gasteiger partial charge in [0.2, 0.25) is 11.8 Å². The van der Waals surface area contributed by atoms with Crippen LogP contribution in [0.4, 0.5) is 18.3 Å². The first-order valence-electron chi connectivity index (χ1n) is 15.1. The average molecular weight is 638 g/mol. The minimum atomic E-state index is -4.52. The molecule has 12 heteroatoms. The van der Waals surface area contributed by atoms with Crippen LogP contribution in [0.15, 0.2) is 48.5 Å². The number of likely N-dealkylation sites (N-methyl/N-ethyl adjacent to an activating group) is 1. The van der Waals surface area contributed by atoms with Gasteiger partial charge in [-0.3, -0.25) is 14.5 Å². The van der Waals surface area contributed by atoms with E-state index in [2.05, 4.69) is 32.0 Å². The third-order valence-corrected chi connectivity index (χ3v) is 9.08. The quantitative estimate of drug-likeness (QED) is 0.193. The Kier molecular flexibility index (Phi) is 8.89. The van der Waals surface area contributed by atoms with Crippen molar-refractivity contribution >= 4 is 38.5 Å². The highest BCUT2D eigenvalue weighted by Crippen LogP contribution is 2.34. The number of fused-ring (bicyclic) bond motifs is 1. The molecule has 45 heavy (non-hydrogen) atoms. The Hall–Kier alpha value is -3.87. The first kappa shape index (κ1) is 31.1. The predicted molar refractivity (Wildman–Crippen MR) is 167 cm³/mol. The molecule has 2 fully saturated rings. The number of carbonyl (C=O) groups excluding carboxylic acids is 2. The molecular formula is C33H34F3N5O3S. The van der Waals surface area contributed by atoms with Crippen molar-refractivity contribution < 1.29 is 27.5 Å². The molecular weight excluding hydrogens is 603 g/mol. The maximum atomic E-state index is 13.8. The number of Topliss-reactive ketones (excluding diaryl/α,β-unsaturated/α-hetero) is 1. The summed E-state index contributed by atoms with van der Waals surface area (Å²) in [5.41, 5.74) is 1.84. The van der Waals surface area contributed by atoms with Gasteiger partial charge in [-0.15, -0.1) is 0 Å². The Labute approximate surface area is 263 Å². The standard InChI is InChI=1S/C33H34F3N5O3S/c1-3-40-10-12-41(13-11-40)19-22-14-21(15-25(16-22)33(34,35)36)17-27(42)24-5-4-20(2)28(18-24)44-29-9-8-26-31(38-29)45-32(37-26)39-30(43)23-6-7-23/h4-5,8-9,14-16,18,23H,3,6-7,10-13,17,19H2,1-2H3,(H,37,39,43). The van der Waals surface area contributed by atoms with Crippen LogP contribution in [0.5, 0.6) is 11.6 Å². The van der Waals surface area contributed by atoms with E-state index in [1.54, 1.807) is 36.4 Å². The van der Waals surface area contributed by atoms with E-state index in [0.717, 1.165) is 57.2 Å². The van der Waals surface area contributed by atoms with Crippen LogP contribution < -0.4 is 10.1 Å². The van der Waals surface area contributed by atoms with Crippen LogP contribution in [0.25, 0.3) is 10.3 Å². The fourth-order valence-electron chi connectivity index (χ4n) is 5.39. The number of pyridine rings is 1. The Balaban J connectivity index is 1.17. The summed E-state index contributed by atoms with van der Waals surface area (Å²) < 4.78 is 47.5. The number of amides is 1. The average Bonchev–Trinajstić information content (AvgIpc) is 3.78. The smallest absolute Gasteiger partial charge is 0.416 e. The van der Waals surface area contributed by atoms with E-state index < -0.39 is 11.7 Å². The predicted octanol–water partition coefficient (Wildman–Crippen LogP) is 6.72. The summed E-state index contributed by atoms with van der Waals surface area (Å²) in [7, 11) is 0. The molecule has 1 saturated heterocycles. The third kappa shape index (κ3) is 7.69. The van der Waals surface area contributed by atoms with E-state index in [1.807, 2.05) is 6.92 Å². The van der Waals surface area contributed by atoms with E-state index >= 15 is 0 Å². The number of thiazole rings is 1. The summed E-state index contributed by atoms with van der Waals surface area (Å²) in [5.74, 6) is 0.416. The van der Waals surface area contributed by atoms with Crippen LogP contribution in [-0.2, 0) is 23.9 Å². The maximum absolute atomic E-state index is 13.8. The fraction of sp³-hybridized carbons (Fsp3) is 0.394. The third-order valence-electron chi connectivity index (χ3n) is 8.20. The van der Waals surface area contributed by atoms with Gasteiger partial charge in [0.25, 0.3) is 0 Å². The van der Waals surface area contributed by atoms with Crippen molar-refractivity contribution in [2.75, 3.05) is 38.0 Å². The highest BCUT2D eigenvalue weighted by Gasteiger charge is 2.32. The number of benzene rings is 2. The molecule has 2 aliphatic rings. The number of rotatable bonds is 10. The number of alkyl halides is 3. The van der Waals surface area contributed by atoms with Crippen molar-refractivity contribution in [1.29, 1.82) is 0 Å². The van der Waals surface area contributed by atoms with Gasteiger partial charge >= 0.3 is 6.18 Å². The zero-order valence-electron chi connectivity index (χ0n) is 25.1. The van der Waals surface area contributed by atoms with Gasteiger partial charge in [-0.05, 0) is 67.3 Å². The lowest BCUT2D eigenvalue weighted by molar-refractivity contribution is -0.137. The Morgan fingerprint density at radius 3 is 2.42 bits per heavy atom. The van der Waals surface area contributed by atoms with Crippen LogP contribution in [0.1, 0.15) is 52.4 Å². The summed E-state index contributed by atoms with van der Waals surface area (Å²) >= 11 is 1.25. The van der Waals surface area contributed by atoms with Gasteiger partial charge in [-0.25, -0.2) is 9.97 Å². The number of ketones is 1. The van der Waals surface area contributed by atoms with Crippen molar-refractivity contribution in [3.05, 3.63) is 76.3 Å². The minimum Gasteiger partial charge on any atom is -0.439 e. The van der Waals surface area contributed by atoms with Gasteiger partial charge in [0.1, 0.15) is 16.1 Å². The maximum Gasteiger partial charge on any atom is 0.416 e. The minimum absolute atomic E-state index is 0.0329. The number of aryl methyl sites for hydroxylation is 1. The van der Waals surface area contributed by atoms with Crippen LogP contribution in [0.2, 0.25) is 0 Å². The summed E-state index contributed by atoms with van der Waals surface area (Å²) in [6.07, 6.45) is -2.91. The number of aromatic nitrogens is 2. The molecule has 6 rings (SSSR count). The molecule has 0 atom stereocenters. The Morgan fingerprint density at radius 1 is 0.978 bits per heavy atom. The van der Waals surface area contributed by atoms with E-state index in [-0.39, 0.29) is 24.0 Å². The van der Waals surface area contributed by atoms with E-state index in [9.17, 15) is 22.8 Å². The van der Waals surface area contributed by atoms with Crippen molar-refractivity contribution in [2.45, 2.75) is 45.8 Å². The highest BCUT2D eigenvalue weighted by atomic mass is 32.1. The normalized spacial score (nSPS) is 16.2. The molecule has 1 aliphatic carbocycles. The van der Waals surface area contributed by atoms with Gasteiger partial charge in [-0.1, -0.05) is 36.5 Å². The number of halogens is 3. The van der Waals surface area contributed by atoms with Gasteiger partial charge < -0.3 is 15.0 Å². The number of anilines is 1. The second-order valence-corrected chi connectivity index (χ2v) is 12.7. The molecule has 0 spiro atoms. The topological polar surface area (TPSA) is 87.7 Å². The van der Waals surface area contributed by atoms with Gasteiger partial charge in [-0.2, -0.15) is 13.2 Å². The molecule has 236 valence electrons. The second-order valence-electron chi connectivity index (χ2n) is 11.7. The molecule has 0 bridgehead atoms. The van der Waals surface area contributed by atoms with Crippen molar-refractivity contribution in [1.82, 2.24) is 19.8 Å². The number of nitrogens with zero attached hydrogens (tertiary/aromatic N) is 4. The molecule has 0 radical (unpaired) electrons. The number of piperazine rings is 1. The van der Waals surface area contributed by atoms with Crippen molar-refractivity contribution in [3.8, 4) is 11.6 Å². The molecule has 2 aromatic carbocycles. The molecule has 1 saturated carbocycles. The zero-order valence-corrected chi connectivity index (χ0v) is 25.9. The summed E-state index contributed by atoms with van der Waals surface area (Å²) in [4.78, 5) is 39.5. The molecule has 1 amide bonds. The van der Waals surface area contributed by atoms with Gasteiger partial charge in [0, 0.05) is 56.7 Å². The first-order chi connectivity index (χ1) is 21.5. The van der Waals surface area contributed by atoms with Crippen molar-refractivity contribution in [3.63, 3.8) is 0 Å². The number of ether oxygens (including phenoxy) is 1. The summed E-state index contributed by atoms with van der Waals surface area (Å²) in [6, 6.07) is 12.4. The van der Waals surface area contributed by atoms with E-state index in [1.165, 1.54) is 17.4 Å².